The van der Waals surface area contributed by atoms with Crippen molar-refractivity contribution >= 4 is 17.6 Å². The number of rotatable bonds is 5. The first kappa shape index (κ1) is 17.0. The number of hydrogen-bond donors (Lipinski definition) is 1. The van der Waals surface area contributed by atoms with E-state index >= 15 is 0 Å². The van der Waals surface area contributed by atoms with Crippen molar-refractivity contribution in [1.29, 1.82) is 0 Å². The largest absolute Gasteiger partial charge is 0.353 e. The third-order valence-corrected chi connectivity index (χ3v) is 5.27. The van der Waals surface area contributed by atoms with E-state index in [1.165, 1.54) is 12.8 Å². The third-order valence-electron chi connectivity index (χ3n) is 5.27. The van der Waals surface area contributed by atoms with Crippen LogP contribution in [0.5, 0.6) is 0 Å². The lowest BCUT2D eigenvalue weighted by Gasteiger charge is -2.36. The highest BCUT2D eigenvalue weighted by Gasteiger charge is 2.24. The molecule has 6 nitrogen and oxygen atoms in total. The zero-order chi connectivity index (χ0) is 18.8. The molecular formula is C22H24N6. The molecule has 0 unspecified atom stereocenters. The van der Waals surface area contributed by atoms with E-state index in [4.69, 9.17) is 9.97 Å². The molecule has 1 aliphatic heterocycles. The number of nitrogens with zero attached hydrogens (tertiary/aromatic N) is 5. The molecule has 1 saturated carbocycles. The smallest absolute Gasteiger partial charge is 0.225 e. The Morgan fingerprint density at radius 2 is 1.50 bits per heavy atom. The van der Waals surface area contributed by atoms with Gasteiger partial charge in [-0.2, -0.15) is 4.98 Å². The molecule has 2 aliphatic rings. The fourth-order valence-electron chi connectivity index (χ4n) is 3.53. The van der Waals surface area contributed by atoms with Gasteiger partial charge in [0.15, 0.2) is 0 Å². The Morgan fingerprint density at radius 1 is 0.786 bits per heavy atom. The number of hydrogen-bond acceptors (Lipinski definition) is 6. The molecule has 6 heteroatoms. The molecule has 3 aromatic rings. The Labute approximate surface area is 165 Å². The van der Waals surface area contributed by atoms with Crippen LogP contribution in [-0.4, -0.2) is 47.2 Å². The molecule has 1 N–H and O–H groups in total. The summed E-state index contributed by atoms with van der Waals surface area (Å²) in [6.45, 7) is 3.72. The number of pyridine rings is 1. The quantitative estimate of drug-likeness (QED) is 0.740. The molecule has 1 aliphatic carbocycles. The maximum atomic E-state index is 4.83. The zero-order valence-corrected chi connectivity index (χ0v) is 15.8. The SMILES string of the molecule is c1ccc(-c2cc(N3CCN(c4ccccn4)CC3)nc(NC3CC3)n2)cc1. The highest BCUT2D eigenvalue weighted by molar-refractivity contribution is 5.65. The van der Waals surface area contributed by atoms with Gasteiger partial charge in [0, 0.05) is 50.0 Å². The van der Waals surface area contributed by atoms with Crippen LogP contribution in [0.15, 0.2) is 60.8 Å². The maximum Gasteiger partial charge on any atom is 0.225 e. The van der Waals surface area contributed by atoms with Gasteiger partial charge in [0.25, 0.3) is 0 Å². The lowest BCUT2D eigenvalue weighted by Crippen LogP contribution is -2.47. The predicted octanol–water partition coefficient (Wildman–Crippen LogP) is 3.44. The summed E-state index contributed by atoms with van der Waals surface area (Å²) >= 11 is 0. The summed E-state index contributed by atoms with van der Waals surface area (Å²) in [5.74, 6) is 2.79. The first-order valence-corrected chi connectivity index (χ1v) is 9.97. The van der Waals surface area contributed by atoms with Gasteiger partial charge in [-0.05, 0) is 25.0 Å². The van der Waals surface area contributed by atoms with Crippen LogP contribution in [0.4, 0.5) is 17.6 Å². The van der Waals surface area contributed by atoms with Crippen molar-refractivity contribution in [3.05, 3.63) is 60.8 Å². The summed E-state index contributed by atoms with van der Waals surface area (Å²) in [7, 11) is 0. The van der Waals surface area contributed by atoms with Gasteiger partial charge < -0.3 is 15.1 Å². The summed E-state index contributed by atoms with van der Waals surface area (Å²) < 4.78 is 0. The topological polar surface area (TPSA) is 57.2 Å². The Bertz CT molecular complexity index is 918. The number of benzene rings is 1. The van der Waals surface area contributed by atoms with Crippen LogP contribution in [0.3, 0.4) is 0 Å². The molecule has 0 amide bonds. The average Bonchev–Trinajstić information content (AvgIpc) is 3.59. The zero-order valence-electron chi connectivity index (χ0n) is 15.8. The van der Waals surface area contributed by atoms with E-state index in [2.05, 4.69) is 56.5 Å². The highest BCUT2D eigenvalue weighted by atomic mass is 15.3. The van der Waals surface area contributed by atoms with E-state index in [-0.39, 0.29) is 0 Å². The van der Waals surface area contributed by atoms with E-state index in [0.717, 1.165) is 55.0 Å². The van der Waals surface area contributed by atoms with Gasteiger partial charge in [-0.25, -0.2) is 9.97 Å². The molecule has 0 radical (unpaired) electrons. The second-order valence-corrected chi connectivity index (χ2v) is 7.38. The third kappa shape index (κ3) is 3.76. The van der Waals surface area contributed by atoms with Gasteiger partial charge in [0.2, 0.25) is 5.95 Å². The molecule has 0 atom stereocenters. The molecule has 28 heavy (non-hydrogen) atoms. The first-order chi connectivity index (χ1) is 13.8. The summed E-state index contributed by atoms with van der Waals surface area (Å²) in [6.07, 6.45) is 4.27. The standard InChI is InChI=1S/C22H24N6/c1-2-6-17(7-3-1)19-16-21(26-22(25-19)24-18-9-10-18)28-14-12-27(13-15-28)20-8-4-5-11-23-20/h1-8,11,16,18H,9-10,12-15H2,(H,24,25,26). The average molecular weight is 372 g/mol. The van der Waals surface area contributed by atoms with Crippen LogP contribution < -0.4 is 15.1 Å². The van der Waals surface area contributed by atoms with Gasteiger partial charge in [0.1, 0.15) is 11.6 Å². The van der Waals surface area contributed by atoms with Gasteiger partial charge in [-0.15, -0.1) is 0 Å². The molecule has 3 heterocycles. The number of piperazine rings is 1. The molecule has 2 aromatic heterocycles. The molecule has 0 spiro atoms. The van der Waals surface area contributed by atoms with Crippen molar-refractivity contribution in [3.8, 4) is 11.3 Å². The Morgan fingerprint density at radius 3 is 2.18 bits per heavy atom. The highest BCUT2D eigenvalue weighted by Crippen LogP contribution is 2.28. The van der Waals surface area contributed by atoms with Crippen molar-refractivity contribution in [2.24, 2.45) is 0 Å². The van der Waals surface area contributed by atoms with Gasteiger partial charge >= 0.3 is 0 Å². The lowest BCUT2D eigenvalue weighted by atomic mass is 10.1. The van der Waals surface area contributed by atoms with Crippen molar-refractivity contribution in [2.45, 2.75) is 18.9 Å². The fraction of sp³-hybridized carbons (Fsp3) is 0.318. The first-order valence-electron chi connectivity index (χ1n) is 9.97. The molecule has 142 valence electrons. The van der Waals surface area contributed by atoms with Crippen LogP contribution in [0.2, 0.25) is 0 Å². The molecule has 1 saturated heterocycles. The molecule has 0 bridgehead atoms. The second kappa shape index (κ2) is 7.46. The van der Waals surface area contributed by atoms with E-state index in [1.807, 2.05) is 24.4 Å². The van der Waals surface area contributed by atoms with E-state index in [1.54, 1.807) is 0 Å². The Balaban J connectivity index is 1.38. The summed E-state index contributed by atoms with van der Waals surface area (Å²) in [5, 5.41) is 3.47. The van der Waals surface area contributed by atoms with Crippen molar-refractivity contribution in [3.63, 3.8) is 0 Å². The van der Waals surface area contributed by atoms with Gasteiger partial charge in [-0.3, -0.25) is 0 Å². The van der Waals surface area contributed by atoms with E-state index in [0.29, 0.717) is 6.04 Å². The van der Waals surface area contributed by atoms with Gasteiger partial charge in [0.05, 0.1) is 5.69 Å². The minimum absolute atomic E-state index is 0.528. The van der Waals surface area contributed by atoms with Crippen LogP contribution >= 0.6 is 0 Å². The minimum atomic E-state index is 0.528. The van der Waals surface area contributed by atoms with E-state index in [9.17, 15) is 0 Å². The predicted molar refractivity (Wildman–Crippen MR) is 113 cm³/mol. The van der Waals surface area contributed by atoms with Crippen molar-refractivity contribution in [2.75, 3.05) is 41.3 Å². The van der Waals surface area contributed by atoms with E-state index < -0.39 is 0 Å². The Hall–Kier alpha value is -3.15. The lowest BCUT2D eigenvalue weighted by molar-refractivity contribution is 0.641. The van der Waals surface area contributed by atoms with Crippen molar-refractivity contribution in [1.82, 2.24) is 15.0 Å². The summed E-state index contributed by atoms with van der Waals surface area (Å²) in [4.78, 5) is 18.8. The normalized spacial score (nSPS) is 16.9. The molecule has 2 fully saturated rings. The summed E-state index contributed by atoms with van der Waals surface area (Å²) in [5.41, 5.74) is 2.10. The molecular weight excluding hydrogens is 348 g/mol. The second-order valence-electron chi connectivity index (χ2n) is 7.38. The van der Waals surface area contributed by atoms with Gasteiger partial charge in [-0.1, -0.05) is 36.4 Å². The van der Waals surface area contributed by atoms with Crippen LogP contribution in [-0.2, 0) is 0 Å². The maximum absolute atomic E-state index is 4.83. The fourth-order valence-corrected chi connectivity index (χ4v) is 3.53. The van der Waals surface area contributed by atoms with Crippen LogP contribution in [0.1, 0.15) is 12.8 Å². The van der Waals surface area contributed by atoms with Crippen LogP contribution in [0.25, 0.3) is 11.3 Å². The van der Waals surface area contributed by atoms with Crippen LogP contribution in [0, 0.1) is 0 Å². The van der Waals surface area contributed by atoms with Crippen molar-refractivity contribution < 1.29 is 0 Å². The molecule has 5 rings (SSSR count). The number of aromatic nitrogens is 3. The summed E-state index contributed by atoms with van der Waals surface area (Å²) in [6, 6.07) is 19.1. The number of nitrogens with one attached hydrogen (secondary N) is 1. The monoisotopic (exact) mass is 372 g/mol. The molecule has 1 aromatic carbocycles. The minimum Gasteiger partial charge on any atom is -0.353 e. The Kier molecular flexibility index (Phi) is 4.53. The number of anilines is 3.